The van der Waals surface area contributed by atoms with Crippen molar-refractivity contribution < 1.29 is 9.53 Å². The Morgan fingerprint density at radius 3 is 2.74 bits per heavy atom. The third kappa shape index (κ3) is 3.35. The van der Waals surface area contributed by atoms with Crippen molar-refractivity contribution in [3.05, 3.63) is 29.8 Å². The lowest BCUT2D eigenvalue weighted by Crippen LogP contribution is -2.36. The third-order valence-corrected chi connectivity index (χ3v) is 3.45. The summed E-state index contributed by atoms with van der Waals surface area (Å²) in [6, 6.07) is 7.95. The maximum absolute atomic E-state index is 11.2. The van der Waals surface area contributed by atoms with Crippen molar-refractivity contribution in [1.29, 1.82) is 0 Å². The highest BCUT2D eigenvalue weighted by Crippen LogP contribution is 2.20. The molecule has 0 saturated carbocycles. The van der Waals surface area contributed by atoms with E-state index in [9.17, 15) is 4.79 Å². The summed E-state index contributed by atoms with van der Waals surface area (Å²) in [5.74, 6) is 0. The van der Waals surface area contributed by atoms with Crippen molar-refractivity contribution in [2.45, 2.75) is 12.5 Å². The van der Waals surface area contributed by atoms with Gasteiger partial charge >= 0.3 is 6.09 Å². The van der Waals surface area contributed by atoms with Gasteiger partial charge in [0.2, 0.25) is 0 Å². The zero-order valence-corrected chi connectivity index (χ0v) is 11.6. The normalized spacial score (nSPS) is 18.2. The molecular formula is C13H17N3O2S. The van der Waals surface area contributed by atoms with Gasteiger partial charge in [-0.3, -0.25) is 0 Å². The summed E-state index contributed by atoms with van der Waals surface area (Å²) in [7, 11) is 1.37. The van der Waals surface area contributed by atoms with E-state index in [-0.39, 0.29) is 12.1 Å². The first-order valence-corrected chi connectivity index (χ1v) is 6.50. The van der Waals surface area contributed by atoms with Crippen molar-refractivity contribution in [3.8, 4) is 0 Å². The van der Waals surface area contributed by atoms with Crippen LogP contribution in [-0.4, -0.2) is 37.3 Å². The lowest BCUT2D eigenvalue weighted by atomic mass is 10.2. The molecule has 5 nitrogen and oxygen atoms in total. The molecule has 1 saturated heterocycles. The van der Waals surface area contributed by atoms with Crippen LogP contribution >= 0.6 is 12.2 Å². The van der Waals surface area contributed by atoms with Crippen LogP contribution in [0.15, 0.2) is 24.3 Å². The number of carbonyl (C=O) groups excluding carboxylic acids is 1. The Hall–Kier alpha value is -1.82. The highest BCUT2D eigenvalue weighted by molar-refractivity contribution is 7.80. The number of nitrogens with one attached hydrogen (secondary N) is 1. The van der Waals surface area contributed by atoms with Crippen LogP contribution < -0.4 is 16.0 Å². The van der Waals surface area contributed by atoms with E-state index in [1.165, 1.54) is 7.11 Å². The molecule has 0 aliphatic carbocycles. The second-order valence-corrected chi connectivity index (χ2v) is 4.92. The van der Waals surface area contributed by atoms with Crippen molar-refractivity contribution in [2.75, 3.05) is 25.1 Å². The van der Waals surface area contributed by atoms with Gasteiger partial charge < -0.3 is 20.7 Å². The number of hydrogen-bond donors (Lipinski definition) is 2. The summed E-state index contributed by atoms with van der Waals surface area (Å²) in [5.41, 5.74) is 7.53. The zero-order valence-electron chi connectivity index (χ0n) is 10.8. The average molecular weight is 279 g/mol. The molecule has 1 heterocycles. The van der Waals surface area contributed by atoms with E-state index < -0.39 is 0 Å². The molecule has 1 aromatic carbocycles. The second-order valence-electron chi connectivity index (χ2n) is 4.48. The van der Waals surface area contributed by atoms with Crippen molar-refractivity contribution in [2.24, 2.45) is 5.73 Å². The average Bonchev–Trinajstić information content (AvgIpc) is 2.87. The van der Waals surface area contributed by atoms with E-state index in [0.29, 0.717) is 4.99 Å². The van der Waals surface area contributed by atoms with Gasteiger partial charge in [-0.25, -0.2) is 4.79 Å². The van der Waals surface area contributed by atoms with Crippen LogP contribution in [0.1, 0.15) is 12.0 Å². The molecule has 1 amide bonds. The van der Waals surface area contributed by atoms with Gasteiger partial charge in [0.15, 0.2) is 0 Å². The van der Waals surface area contributed by atoms with Gasteiger partial charge in [-0.2, -0.15) is 0 Å². The number of amides is 1. The van der Waals surface area contributed by atoms with Gasteiger partial charge in [-0.1, -0.05) is 12.2 Å². The largest absolute Gasteiger partial charge is 0.453 e. The SMILES string of the molecule is COC(=O)NC1CCN(c2ccc(C(N)=S)cc2)C1. The molecule has 6 heteroatoms. The minimum Gasteiger partial charge on any atom is -0.453 e. The number of nitrogens with two attached hydrogens (primary N) is 1. The molecule has 0 bridgehead atoms. The summed E-state index contributed by atoms with van der Waals surface area (Å²) in [6.07, 6.45) is 0.530. The van der Waals surface area contributed by atoms with E-state index in [0.717, 1.165) is 30.8 Å². The molecule has 1 atom stereocenters. The molecule has 1 aliphatic heterocycles. The van der Waals surface area contributed by atoms with Gasteiger partial charge in [0.05, 0.1) is 13.2 Å². The number of nitrogens with zero attached hydrogens (tertiary/aromatic N) is 1. The van der Waals surface area contributed by atoms with Gasteiger partial charge in [-0.05, 0) is 30.7 Å². The number of thiocarbonyl (C=S) groups is 1. The van der Waals surface area contributed by atoms with Crippen LogP contribution in [0.2, 0.25) is 0 Å². The van der Waals surface area contributed by atoms with Gasteiger partial charge in [0.1, 0.15) is 4.99 Å². The van der Waals surface area contributed by atoms with E-state index >= 15 is 0 Å². The molecule has 2 rings (SSSR count). The third-order valence-electron chi connectivity index (χ3n) is 3.21. The molecule has 1 aromatic rings. The topological polar surface area (TPSA) is 67.6 Å². The fourth-order valence-electron chi connectivity index (χ4n) is 2.17. The van der Waals surface area contributed by atoms with E-state index in [4.69, 9.17) is 18.0 Å². The van der Waals surface area contributed by atoms with Crippen LogP contribution in [0.5, 0.6) is 0 Å². The molecule has 1 aliphatic rings. The highest BCUT2D eigenvalue weighted by atomic mass is 32.1. The molecule has 0 aromatic heterocycles. The molecular weight excluding hydrogens is 262 g/mol. The van der Waals surface area contributed by atoms with Crippen LogP contribution in [0.25, 0.3) is 0 Å². The standard InChI is InChI=1S/C13H17N3O2S/c1-18-13(17)15-10-6-7-16(8-10)11-4-2-9(3-5-11)12(14)19/h2-5,10H,6-8H2,1H3,(H2,14,19)(H,15,17). The smallest absolute Gasteiger partial charge is 0.407 e. The summed E-state index contributed by atoms with van der Waals surface area (Å²) in [4.78, 5) is 13.8. The molecule has 19 heavy (non-hydrogen) atoms. The van der Waals surface area contributed by atoms with Crippen LogP contribution in [0, 0.1) is 0 Å². The first-order valence-electron chi connectivity index (χ1n) is 6.09. The van der Waals surface area contributed by atoms with Crippen molar-refractivity contribution in [1.82, 2.24) is 5.32 Å². The maximum Gasteiger partial charge on any atom is 0.407 e. The van der Waals surface area contributed by atoms with Crippen LogP contribution in [0.4, 0.5) is 10.5 Å². The number of carbonyl (C=O) groups is 1. The number of rotatable bonds is 3. The Morgan fingerprint density at radius 1 is 1.47 bits per heavy atom. The fourth-order valence-corrected chi connectivity index (χ4v) is 2.31. The Morgan fingerprint density at radius 2 is 2.16 bits per heavy atom. The van der Waals surface area contributed by atoms with Gasteiger partial charge in [0, 0.05) is 24.3 Å². The zero-order chi connectivity index (χ0) is 13.8. The maximum atomic E-state index is 11.2. The van der Waals surface area contributed by atoms with E-state index in [1.807, 2.05) is 24.3 Å². The summed E-state index contributed by atoms with van der Waals surface area (Å²) < 4.78 is 4.60. The summed E-state index contributed by atoms with van der Waals surface area (Å²) >= 11 is 4.92. The Balaban J connectivity index is 1.96. The highest BCUT2D eigenvalue weighted by Gasteiger charge is 2.24. The lowest BCUT2D eigenvalue weighted by molar-refractivity contribution is 0.167. The Bertz CT molecular complexity index is 475. The summed E-state index contributed by atoms with van der Waals surface area (Å²) in [5, 5.41) is 2.81. The van der Waals surface area contributed by atoms with E-state index in [1.54, 1.807) is 0 Å². The second kappa shape index (κ2) is 5.88. The lowest BCUT2D eigenvalue weighted by Gasteiger charge is -2.19. The van der Waals surface area contributed by atoms with Crippen molar-refractivity contribution >= 4 is 29.0 Å². The minimum absolute atomic E-state index is 0.128. The van der Waals surface area contributed by atoms with Gasteiger partial charge in [-0.15, -0.1) is 0 Å². The fraction of sp³-hybridized carbons (Fsp3) is 0.385. The monoisotopic (exact) mass is 279 g/mol. The number of alkyl carbamates (subject to hydrolysis) is 1. The number of benzene rings is 1. The number of methoxy groups -OCH3 is 1. The number of ether oxygens (including phenoxy) is 1. The number of anilines is 1. The molecule has 102 valence electrons. The predicted octanol–water partition coefficient (Wildman–Crippen LogP) is 1.26. The molecule has 1 fully saturated rings. The molecule has 0 spiro atoms. The predicted molar refractivity (Wildman–Crippen MR) is 78.5 cm³/mol. The molecule has 1 unspecified atom stereocenters. The van der Waals surface area contributed by atoms with Crippen molar-refractivity contribution in [3.63, 3.8) is 0 Å². The Labute approximate surface area is 117 Å². The molecule has 0 radical (unpaired) electrons. The Kier molecular flexibility index (Phi) is 4.21. The van der Waals surface area contributed by atoms with E-state index in [2.05, 4.69) is 15.0 Å². The first-order chi connectivity index (χ1) is 9.10. The summed E-state index contributed by atoms with van der Waals surface area (Å²) in [6.45, 7) is 1.68. The van der Waals surface area contributed by atoms with Gasteiger partial charge in [0.25, 0.3) is 0 Å². The first kappa shape index (κ1) is 13.6. The van der Waals surface area contributed by atoms with Crippen LogP contribution in [-0.2, 0) is 4.74 Å². The minimum atomic E-state index is -0.379. The quantitative estimate of drug-likeness (QED) is 0.815. The van der Waals surface area contributed by atoms with Crippen LogP contribution in [0.3, 0.4) is 0 Å². The molecule has 3 N–H and O–H groups in total. The number of hydrogen-bond acceptors (Lipinski definition) is 4.